The molecule has 0 radical (unpaired) electrons. The molecule has 82 valence electrons. The quantitative estimate of drug-likeness (QED) is 0.527. The minimum Gasteiger partial charge on any atom is -0.387 e. The lowest BCUT2D eigenvalue weighted by molar-refractivity contribution is -0.191. The molecule has 0 saturated carbocycles. The van der Waals surface area contributed by atoms with E-state index in [0.29, 0.717) is 13.2 Å². The zero-order valence-electron chi connectivity index (χ0n) is 7.30. The molecule has 0 amide bonds. The van der Waals surface area contributed by atoms with Crippen molar-refractivity contribution in [2.75, 3.05) is 19.8 Å². The highest BCUT2D eigenvalue weighted by Gasteiger charge is 2.42. The van der Waals surface area contributed by atoms with Crippen LogP contribution >= 0.6 is 0 Å². The van der Waals surface area contributed by atoms with Gasteiger partial charge in [-0.05, 0) is 0 Å². The molecule has 0 aromatic rings. The average molecular weight is 212 g/mol. The van der Waals surface area contributed by atoms with Gasteiger partial charge in [-0.25, -0.2) is 0 Å². The number of nitrogens with two attached hydrogens (primary N) is 1. The predicted molar refractivity (Wildman–Crippen MR) is 42.0 cm³/mol. The van der Waals surface area contributed by atoms with Crippen molar-refractivity contribution in [3.8, 4) is 0 Å². The van der Waals surface area contributed by atoms with Crippen LogP contribution in [0, 0.1) is 11.3 Å². The third-order valence-electron chi connectivity index (χ3n) is 1.88. The monoisotopic (exact) mass is 212 g/mol. The van der Waals surface area contributed by atoms with Gasteiger partial charge in [-0.1, -0.05) is 0 Å². The lowest BCUT2D eigenvalue weighted by atomic mass is 10.1. The lowest BCUT2D eigenvalue weighted by Gasteiger charge is -2.28. The van der Waals surface area contributed by atoms with Gasteiger partial charge >= 0.3 is 6.18 Å². The molecule has 1 rings (SSSR count). The SMILES string of the molecule is N=C(N)C(COC1COC1)C(F)(F)F. The summed E-state index contributed by atoms with van der Waals surface area (Å²) in [5.41, 5.74) is 4.82. The molecular weight excluding hydrogens is 201 g/mol. The fraction of sp³-hybridized carbons (Fsp3) is 0.857. The third kappa shape index (κ3) is 2.85. The molecule has 7 heteroatoms. The molecule has 14 heavy (non-hydrogen) atoms. The van der Waals surface area contributed by atoms with Gasteiger partial charge in [0.1, 0.15) is 17.9 Å². The highest BCUT2D eigenvalue weighted by Crippen LogP contribution is 2.27. The van der Waals surface area contributed by atoms with Crippen LogP contribution < -0.4 is 5.73 Å². The van der Waals surface area contributed by atoms with Crippen molar-refractivity contribution in [2.24, 2.45) is 11.7 Å². The Morgan fingerprint density at radius 3 is 2.43 bits per heavy atom. The van der Waals surface area contributed by atoms with Gasteiger partial charge in [-0.15, -0.1) is 0 Å². The zero-order chi connectivity index (χ0) is 10.8. The van der Waals surface area contributed by atoms with E-state index >= 15 is 0 Å². The minimum atomic E-state index is -4.52. The second kappa shape index (κ2) is 4.14. The molecule has 1 atom stereocenters. The Kier molecular flexibility index (Phi) is 3.33. The van der Waals surface area contributed by atoms with Crippen LogP contribution in [0.2, 0.25) is 0 Å². The topological polar surface area (TPSA) is 68.3 Å². The first-order chi connectivity index (χ1) is 6.41. The van der Waals surface area contributed by atoms with E-state index in [1.807, 2.05) is 0 Å². The number of amidine groups is 1. The number of hydrogen-bond donors (Lipinski definition) is 2. The van der Waals surface area contributed by atoms with Gasteiger partial charge in [-0.3, -0.25) is 5.41 Å². The fourth-order valence-corrected chi connectivity index (χ4v) is 0.903. The van der Waals surface area contributed by atoms with Gasteiger partial charge in [0.05, 0.1) is 19.8 Å². The molecule has 1 unspecified atom stereocenters. The third-order valence-corrected chi connectivity index (χ3v) is 1.88. The van der Waals surface area contributed by atoms with Crippen molar-refractivity contribution in [2.45, 2.75) is 12.3 Å². The molecular formula is C7H11F3N2O2. The van der Waals surface area contributed by atoms with E-state index in [-0.39, 0.29) is 6.10 Å². The number of alkyl halides is 3. The second-order valence-corrected chi connectivity index (χ2v) is 3.04. The van der Waals surface area contributed by atoms with Gasteiger partial charge in [-0.2, -0.15) is 13.2 Å². The van der Waals surface area contributed by atoms with E-state index in [1.54, 1.807) is 0 Å². The van der Waals surface area contributed by atoms with Crippen molar-refractivity contribution >= 4 is 5.84 Å². The molecule has 0 aromatic heterocycles. The summed E-state index contributed by atoms with van der Waals surface area (Å²) >= 11 is 0. The normalized spacial score (nSPS) is 20.2. The average Bonchev–Trinajstić information content (AvgIpc) is 1.90. The molecule has 1 saturated heterocycles. The van der Waals surface area contributed by atoms with Crippen LogP contribution in [0.1, 0.15) is 0 Å². The summed E-state index contributed by atoms with van der Waals surface area (Å²) in [6.07, 6.45) is -4.81. The Hall–Kier alpha value is -0.820. The van der Waals surface area contributed by atoms with Gasteiger partial charge in [0.2, 0.25) is 0 Å². The fourth-order valence-electron chi connectivity index (χ4n) is 0.903. The Morgan fingerprint density at radius 1 is 1.57 bits per heavy atom. The minimum absolute atomic E-state index is 0.292. The van der Waals surface area contributed by atoms with Gasteiger partial charge in [0.15, 0.2) is 0 Å². The summed E-state index contributed by atoms with van der Waals surface area (Å²) in [7, 11) is 0. The molecule has 1 aliphatic heterocycles. The Labute approximate surface area is 78.7 Å². The largest absolute Gasteiger partial charge is 0.400 e. The summed E-state index contributed by atoms with van der Waals surface area (Å²) in [4.78, 5) is 0. The lowest BCUT2D eigenvalue weighted by Crippen LogP contribution is -2.43. The van der Waals surface area contributed by atoms with Gasteiger partial charge in [0.25, 0.3) is 0 Å². The Bertz CT molecular complexity index is 215. The van der Waals surface area contributed by atoms with Crippen molar-refractivity contribution < 1.29 is 22.6 Å². The first kappa shape index (κ1) is 11.3. The van der Waals surface area contributed by atoms with Crippen molar-refractivity contribution in [3.05, 3.63) is 0 Å². The van der Waals surface area contributed by atoms with Crippen LogP contribution in [-0.2, 0) is 9.47 Å². The Balaban J connectivity index is 2.39. The molecule has 4 nitrogen and oxygen atoms in total. The Morgan fingerprint density at radius 2 is 2.14 bits per heavy atom. The zero-order valence-corrected chi connectivity index (χ0v) is 7.30. The molecule has 3 N–H and O–H groups in total. The van der Waals surface area contributed by atoms with Crippen LogP contribution in [0.3, 0.4) is 0 Å². The summed E-state index contributed by atoms with van der Waals surface area (Å²) in [6, 6.07) is 0. The van der Waals surface area contributed by atoms with Crippen LogP contribution in [-0.4, -0.2) is 37.9 Å². The first-order valence-corrected chi connectivity index (χ1v) is 4.01. The summed E-state index contributed by atoms with van der Waals surface area (Å²) in [5, 5.41) is 6.77. The molecule has 1 fully saturated rings. The highest BCUT2D eigenvalue weighted by molar-refractivity contribution is 5.80. The highest BCUT2D eigenvalue weighted by atomic mass is 19.4. The van der Waals surface area contributed by atoms with Crippen LogP contribution in [0.25, 0.3) is 0 Å². The molecule has 0 bridgehead atoms. The molecule has 0 aliphatic carbocycles. The molecule has 1 aliphatic rings. The maximum Gasteiger partial charge on any atom is 0.400 e. The van der Waals surface area contributed by atoms with Crippen LogP contribution in [0.4, 0.5) is 13.2 Å². The van der Waals surface area contributed by atoms with E-state index in [9.17, 15) is 13.2 Å². The first-order valence-electron chi connectivity index (χ1n) is 4.01. The summed E-state index contributed by atoms with van der Waals surface area (Å²) in [6.45, 7) is 0.0117. The smallest absolute Gasteiger partial charge is 0.387 e. The standard InChI is InChI=1S/C7H11F3N2O2/c8-7(9,10)5(6(11)12)3-14-4-1-13-2-4/h4-5H,1-3H2,(H3,11,12). The number of halogens is 3. The summed E-state index contributed by atoms with van der Waals surface area (Å²) in [5.74, 6) is -2.93. The number of hydrogen-bond acceptors (Lipinski definition) is 3. The molecule has 0 spiro atoms. The van der Waals surface area contributed by atoms with Crippen molar-refractivity contribution in [1.29, 1.82) is 5.41 Å². The van der Waals surface area contributed by atoms with Crippen molar-refractivity contribution in [3.63, 3.8) is 0 Å². The van der Waals surface area contributed by atoms with Crippen LogP contribution in [0.15, 0.2) is 0 Å². The van der Waals surface area contributed by atoms with E-state index in [2.05, 4.69) is 0 Å². The van der Waals surface area contributed by atoms with Gasteiger partial charge < -0.3 is 15.2 Å². The maximum absolute atomic E-state index is 12.2. The van der Waals surface area contributed by atoms with Crippen molar-refractivity contribution in [1.82, 2.24) is 0 Å². The van der Waals surface area contributed by atoms with E-state index in [0.717, 1.165) is 0 Å². The number of nitrogens with one attached hydrogen (secondary N) is 1. The van der Waals surface area contributed by atoms with E-state index in [4.69, 9.17) is 20.6 Å². The van der Waals surface area contributed by atoms with E-state index in [1.165, 1.54) is 0 Å². The molecule has 1 heterocycles. The van der Waals surface area contributed by atoms with Gasteiger partial charge in [0, 0.05) is 0 Å². The number of ether oxygens (including phenoxy) is 2. The number of rotatable bonds is 4. The van der Waals surface area contributed by atoms with E-state index < -0.39 is 24.5 Å². The predicted octanol–water partition coefficient (Wildman–Crippen LogP) is 0.516. The van der Waals surface area contributed by atoms with Crippen LogP contribution in [0.5, 0.6) is 0 Å². The molecule has 0 aromatic carbocycles. The second-order valence-electron chi connectivity index (χ2n) is 3.04. The maximum atomic E-state index is 12.2. The summed E-state index contributed by atoms with van der Waals surface area (Å²) < 4.78 is 46.2.